The molecule has 1 fully saturated rings. The summed E-state index contributed by atoms with van der Waals surface area (Å²) < 4.78 is 13.0. The number of carbonyl (C=O) groups is 3. The van der Waals surface area contributed by atoms with E-state index in [-0.39, 0.29) is 48.4 Å². The minimum absolute atomic E-state index is 0.00325. The lowest BCUT2D eigenvalue weighted by atomic mass is 9.91. The minimum Gasteiger partial charge on any atom is -0.478 e. The summed E-state index contributed by atoms with van der Waals surface area (Å²) >= 11 is 1.59. The number of nitrogens with one attached hydrogen (secondary N) is 1. The standard InChI is InChI=1S/C36H35NO7S/c1-22-32(21-45-31-16-14-27(15-17-31)35(41)42)43-36(44-34(22)26-10-8-25(20-38)9-11-26)28-12-6-24(7-13-28)18-33(40)37-30-5-3-4-29(19-30)23(2)39/h3-17,19,22,32,34,36,38H,18,20-21H2,1-2H3,(H,37,40)(H,41,42)/t22-,32+,34+,36?/m0/s1. The van der Waals surface area contributed by atoms with E-state index in [4.69, 9.17) is 9.47 Å². The van der Waals surface area contributed by atoms with E-state index in [9.17, 15) is 24.6 Å². The number of aliphatic hydroxyl groups excluding tert-OH is 1. The molecule has 0 aromatic heterocycles. The van der Waals surface area contributed by atoms with Crippen molar-refractivity contribution >= 4 is 35.1 Å². The molecule has 0 radical (unpaired) electrons. The van der Waals surface area contributed by atoms with E-state index in [0.29, 0.717) is 17.0 Å². The third-order valence-corrected chi connectivity index (χ3v) is 8.91. The number of hydrogen-bond donors (Lipinski definition) is 3. The molecule has 8 nitrogen and oxygen atoms in total. The quantitative estimate of drug-likeness (QED) is 0.122. The van der Waals surface area contributed by atoms with Crippen LogP contribution in [0.2, 0.25) is 0 Å². The van der Waals surface area contributed by atoms with Gasteiger partial charge in [0.1, 0.15) is 0 Å². The molecule has 0 aliphatic carbocycles. The summed E-state index contributed by atoms with van der Waals surface area (Å²) in [6.07, 6.45) is -0.950. The maximum absolute atomic E-state index is 12.7. The fourth-order valence-corrected chi connectivity index (χ4v) is 6.25. The number of aliphatic hydroxyl groups is 1. The van der Waals surface area contributed by atoms with Crippen molar-refractivity contribution in [2.24, 2.45) is 5.92 Å². The van der Waals surface area contributed by atoms with Gasteiger partial charge in [-0.15, -0.1) is 11.8 Å². The highest BCUT2D eigenvalue weighted by molar-refractivity contribution is 7.99. The second kappa shape index (κ2) is 14.7. The van der Waals surface area contributed by atoms with Gasteiger partial charge in [-0.25, -0.2) is 4.79 Å². The number of benzene rings is 4. The van der Waals surface area contributed by atoms with Gasteiger partial charge in [0.05, 0.1) is 30.8 Å². The Morgan fingerprint density at radius 2 is 1.49 bits per heavy atom. The first kappa shape index (κ1) is 32.1. The van der Waals surface area contributed by atoms with E-state index in [1.165, 1.54) is 6.92 Å². The smallest absolute Gasteiger partial charge is 0.335 e. The first-order valence-electron chi connectivity index (χ1n) is 14.7. The molecule has 4 aromatic rings. The zero-order chi connectivity index (χ0) is 31.9. The van der Waals surface area contributed by atoms with Crippen molar-refractivity contribution in [3.63, 3.8) is 0 Å². The molecule has 45 heavy (non-hydrogen) atoms. The fourth-order valence-electron chi connectivity index (χ4n) is 5.18. The normalized spacial score (nSPS) is 19.5. The van der Waals surface area contributed by atoms with Gasteiger partial charge in [0, 0.05) is 33.4 Å². The SMILES string of the molecule is CC(=O)c1cccc(NC(=O)Cc2ccc(C3O[C@H](CSc4ccc(C(=O)O)cc4)[C@H](C)[C@H](c4ccc(CO)cc4)O3)cc2)c1. The molecule has 1 aliphatic heterocycles. The van der Waals surface area contributed by atoms with Crippen molar-refractivity contribution < 1.29 is 34.1 Å². The molecular weight excluding hydrogens is 590 g/mol. The van der Waals surface area contributed by atoms with Crippen LogP contribution in [0.25, 0.3) is 0 Å². The number of aromatic carboxylic acids is 1. The van der Waals surface area contributed by atoms with Crippen LogP contribution in [0.1, 0.15) is 69.2 Å². The summed E-state index contributed by atoms with van der Waals surface area (Å²) in [5.74, 6) is -0.597. The fraction of sp³-hybridized carbons (Fsp3) is 0.250. The number of hydrogen-bond acceptors (Lipinski definition) is 7. The van der Waals surface area contributed by atoms with Crippen LogP contribution in [0, 0.1) is 5.92 Å². The summed E-state index contributed by atoms with van der Waals surface area (Å²) in [5.41, 5.74) is 4.78. The van der Waals surface area contributed by atoms with E-state index in [1.807, 2.05) is 48.5 Å². The molecule has 1 aliphatic rings. The van der Waals surface area contributed by atoms with E-state index < -0.39 is 12.3 Å². The number of ether oxygens (including phenoxy) is 2. The average Bonchev–Trinajstić information content (AvgIpc) is 3.05. The van der Waals surface area contributed by atoms with Crippen LogP contribution >= 0.6 is 11.8 Å². The monoisotopic (exact) mass is 625 g/mol. The number of ketones is 1. The highest BCUT2D eigenvalue weighted by Gasteiger charge is 2.38. The molecule has 0 spiro atoms. The molecule has 5 rings (SSSR count). The van der Waals surface area contributed by atoms with Gasteiger partial charge in [0.25, 0.3) is 0 Å². The number of carboxylic acid groups (broad SMARTS) is 1. The minimum atomic E-state index is -0.961. The zero-order valence-electron chi connectivity index (χ0n) is 25.0. The van der Waals surface area contributed by atoms with Crippen molar-refractivity contribution in [3.8, 4) is 0 Å². The number of thioether (sulfide) groups is 1. The van der Waals surface area contributed by atoms with Gasteiger partial charge in [0.15, 0.2) is 12.1 Å². The number of carboxylic acids is 1. The lowest BCUT2D eigenvalue weighted by Crippen LogP contribution is -2.38. The van der Waals surface area contributed by atoms with Crippen LogP contribution in [0.5, 0.6) is 0 Å². The molecular formula is C36H35NO7S. The highest BCUT2D eigenvalue weighted by atomic mass is 32.2. The van der Waals surface area contributed by atoms with Gasteiger partial charge < -0.3 is 25.0 Å². The van der Waals surface area contributed by atoms with E-state index >= 15 is 0 Å². The third kappa shape index (κ3) is 8.26. The Labute approximate surface area is 266 Å². The van der Waals surface area contributed by atoms with Crippen molar-refractivity contribution in [1.29, 1.82) is 0 Å². The van der Waals surface area contributed by atoms with Crippen LogP contribution < -0.4 is 5.32 Å². The number of Topliss-reactive ketones (excluding diaryl/α,β-unsaturated/α-hetero) is 1. The topological polar surface area (TPSA) is 122 Å². The lowest BCUT2D eigenvalue weighted by Gasteiger charge is -2.41. The van der Waals surface area contributed by atoms with E-state index in [2.05, 4.69) is 12.2 Å². The first-order chi connectivity index (χ1) is 21.7. The number of anilines is 1. The molecule has 1 amide bonds. The second-order valence-electron chi connectivity index (χ2n) is 11.1. The van der Waals surface area contributed by atoms with Crippen LogP contribution in [0.4, 0.5) is 5.69 Å². The summed E-state index contributed by atoms with van der Waals surface area (Å²) in [6.45, 7) is 3.54. The van der Waals surface area contributed by atoms with Crippen LogP contribution in [0.3, 0.4) is 0 Å². The molecule has 1 saturated heterocycles. The maximum Gasteiger partial charge on any atom is 0.335 e. The van der Waals surface area contributed by atoms with Gasteiger partial charge in [-0.05, 0) is 60.0 Å². The lowest BCUT2D eigenvalue weighted by molar-refractivity contribution is -0.268. The average molecular weight is 626 g/mol. The Bertz CT molecular complexity index is 1640. The summed E-state index contributed by atoms with van der Waals surface area (Å²) in [7, 11) is 0. The number of carbonyl (C=O) groups excluding carboxylic acids is 2. The van der Waals surface area contributed by atoms with E-state index in [0.717, 1.165) is 27.1 Å². The van der Waals surface area contributed by atoms with Crippen molar-refractivity contribution in [3.05, 3.63) is 130 Å². The predicted octanol–water partition coefficient (Wildman–Crippen LogP) is 6.84. The predicted molar refractivity (Wildman–Crippen MR) is 172 cm³/mol. The van der Waals surface area contributed by atoms with Crippen molar-refractivity contribution in [2.75, 3.05) is 11.1 Å². The van der Waals surface area contributed by atoms with Crippen LogP contribution in [0.15, 0.2) is 102 Å². The maximum atomic E-state index is 12.7. The van der Waals surface area contributed by atoms with Gasteiger partial charge in [-0.2, -0.15) is 0 Å². The Balaban J connectivity index is 1.29. The molecule has 9 heteroatoms. The highest BCUT2D eigenvalue weighted by Crippen LogP contribution is 2.43. The molecule has 1 unspecified atom stereocenters. The molecule has 1 heterocycles. The Hall–Kier alpha value is -4.28. The van der Waals surface area contributed by atoms with Gasteiger partial charge in [-0.3, -0.25) is 9.59 Å². The molecule has 0 bridgehead atoms. The molecule has 4 atom stereocenters. The van der Waals surface area contributed by atoms with Crippen molar-refractivity contribution in [1.82, 2.24) is 0 Å². The third-order valence-electron chi connectivity index (χ3n) is 7.81. The van der Waals surface area contributed by atoms with Gasteiger partial charge >= 0.3 is 5.97 Å². The largest absolute Gasteiger partial charge is 0.478 e. The summed E-state index contributed by atoms with van der Waals surface area (Å²) in [5, 5.41) is 21.6. The Morgan fingerprint density at radius 3 is 2.13 bits per heavy atom. The first-order valence-corrected chi connectivity index (χ1v) is 15.6. The summed E-state index contributed by atoms with van der Waals surface area (Å²) in [6, 6.07) is 28.9. The zero-order valence-corrected chi connectivity index (χ0v) is 25.8. The second-order valence-corrected chi connectivity index (χ2v) is 12.2. The van der Waals surface area contributed by atoms with Crippen molar-refractivity contribution in [2.45, 2.75) is 50.3 Å². The molecule has 232 valence electrons. The summed E-state index contributed by atoms with van der Waals surface area (Å²) in [4.78, 5) is 36.6. The molecule has 0 saturated carbocycles. The Kier molecular flexibility index (Phi) is 10.5. The number of amides is 1. The van der Waals surface area contributed by atoms with Crippen LogP contribution in [-0.4, -0.2) is 39.7 Å². The van der Waals surface area contributed by atoms with Gasteiger partial charge in [0.2, 0.25) is 5.91 Å². The van der Waals surface area contributed by atoms with Crippen LogP contribution in [-0.2, 0) is 27.3 Å². The van der Waals surface area contributed by atoms with Gasteiger partial charge in [-0.1, -0.05) is 67.6 Å². The number of rotatable bonds is 11. The molecule has 3 N–H and O–H groups in total. The van der Waals surface area contributed by atoms with E-state index in [1.54, 1.807) is 60.3 Å². The molecule has 4 aromatic carbocycles. The Morgan fingerprint density at radius 1 is 0.822 bits per heavy atom.